The molecule has 0 aliphatic heterocycles. The molecule has 0 heterocycles. The third-order valence-corrected chi connectivity index (χ3v) is 3.16. The lowest BCUT2D eigenvalue weighted by atomic mass is 9.96. The lowest BCUT2D eigenvalue weighted by Gasteiger charge is -2.21. The minimum Gasteiger partial charge on any atom is -0.497 e. The fraction of sp³-hybridized carbons (Fsp3) is 0.562. The molecule has 0 aliphatic carbocycles. The third kappa shape index (κ3) is 6.04. The van der Waals surface area contributed by atoms with Crippen molar-refractivity contribution >= 4 is 5.97 Å². The van der Waals surface area contributed by atoms with Crippen molar-refractivity contribution in [2.45, 2.75) is 38.6 Å². The molecule has 118 valence electrons. The summed E-state index contributed by atoms with van der Waals surface area (Å²) in [4.78, 5) is 11.6. The molecular formula is C16H25NO4. The fourth-order valence-electron chi connectivity index (χ4n) is 1.85. The van der Waals surface area contributed by atoms with Crippen molar-refractivity contribution in [2.75, 3.05) is 20.3 Å². The summed E-state index contributed by atoms with van der Waals surface area (Å²) in [5.41, 5.74) is 5.02. The molecule has 5 nitrogen and oxygen atoms in total. The number of carbonyl (C=O) groups excluding carboxylic acids is 1. The van der Waals surface area contributed by atoms with Crippen LogP contribution in [-0.2, 0) is 9.53 Å². The highest BCUT2D eigenvalue weighted by Crippen LogP contribution is 2.18. The highest BCUT2D eigenvalue weighted by Gasteiger charge is 2.28. The van der Waals surface area contributed by atoms with Crippen LogP contribution in [0.15, 0.2) is 24.3 Å². The zero-order chi connectivity index (χ0) is 15.7. The van der Waals surface area contributed by atoms with Gasteiger partial charge in [0.2, 0.25) is 0 Å². The molecule has 1 unspecified atom stereocenters. The van der Waals surface area contributed by atoms with E-state index in [4.69, 9.17) is 19.9 Å². The van der Waals surface area contributed by atoms with Gasteiger partial charge in [-0.1, -0.05) is 0 Å². The van der Waals surface area contributed by atoms with Crippen LogP contribution >= 0.6 is 0 Å². The summed E-state index contributed by atoms with van der Waals surface area (Å²) in [7, 11) is 1.63. The minimum absolute atomic E-state index is 0.346. The van der Waals surface area contributed by atoms with E-state index in [9.17, 15) is 4.79 Å². The second-order valence-electron chi connectivity index (χ2n) is 5.12. The average Bonchev–Trinajstić information content (AvgIpc) is 2.47. The van der Waals surface area contributed by atoms with Gasteiger partial charge in [-0.2, -0.15) is 0 Å². The smallest absolute Gasteiger partial charge is 0.325 e. The summed E-state index contributed by atoms with van der Waals surface area (Å²) in [5.74, 6) is 1.26. The zero-order valence-electron chi connectivity index (χ0n) is 13.1. The van der Waals surface area contributed by atoms with E-state index >= 15 is 0 Å². The van der Waals surface area contributed by atoms with Crippen LogP contribution < -0.4 is 15.2 Å². The molecule has 0 aliphatic rings. The van der Waals surface area contributed by atoms with Gasteiger partial charge in [-0.3, -0.25) is 4.79 Å². The van der Waals surface area contributed by atoms with Gasteiger partial charge < -0.3 is 19.9 Å². The van der Waals surface area contributed by atoms with Gasteiger partial charge in [0.05, 0.1) is 20.3 Å². The van der Waals surface area contributed by atoms with E-state index in [2.05, 4.69) is 0 Å². The van der Waals surface area contributed by atoms with Crippen LogP contribution in [0.25, 0.3) is 0 Å². The van der Waals surface area contributed by atoms with E-state index in [0.29, 0.717) is 19.6 Å². The molecule has 1 aromatic carbocycles. The molecule has 1 aromatic rings. The van der Waals surface area contributed by atoms with E-state index in [-0.39, 0.29) is 5.97 Å². The molecule has 0 saturated carbocycles. The molecule has 1 atom stereocenters. The second kappa shape index (κ2) is 8.52. The summed E-state index contributed by atoms with van der Waals surface area (Å²) < 4.78 is 15.6. The number of ether oxygens (including phenoxy) is 3. The maximum Gasteiger partial charge on any atom is 0.325 e. The zero-order valence-corrected chi connectivity index (χ0v) is 13.1. The molecule has 0 saturated heterocycles. The van der Waals surface area contributed by atoms with Crippen molar-refractivity contribution in [2.24, 2.45) is 5.73 Å². The van der Waals surface area contributed by atoms with Gasteiger partial charge in [0.15, 0.2) is 0 Å². The fourth-order valence-corrected chi connectivity index (χ4v) is 1.85. The Labute approximate surface area is 126 Å². The van der Waals surface area contributed by atoms with Crippen LogP contribution in [0, 0.1) is 0 Å². The average molecular weight is 295 g/mol. The number of methoxy groups -OCH3 is 1. The van der Waals surface area contributed by atoms with Crippen molar-refractivity contribution in [3.8, 4) is 11.5 Å². The summed E-state index contributed by atoms with van der Waals surface area (Å²) in [6.45, 7) is 4.42. The Hall–Kier alpha value is -1.75. The van der Waals surface area contributed by atoms with Gasteiger partial charge in [0, 0.05) is 0 Å². The number of esters is 1. The molecule has 0 radical (unpaired) electrons. The molecular weight excluding hydrogens is 270 g/mol. The standard InChI is InChI=1S/C16H25NO4/c1-4-20-15(18)16(2,17)11-5-6-12-21-14-9-7-13(19-3)8-10-14/h7-10H,4-6,11-12,17H2,1-3H3. The Bertz CT molecular complexity index is 428. The number of hydrogen-bond donors (Lipinski definition) is 1. The van der Waals surface area contributed by atoms with Crippen LogP contribution in [0.5, 0.6) is 11.5 Å². The molecule has 0 amide bonds. The van der Waals surface area contributed by atoms with E-state index in [0.717, 1.165) is 24.3 Å². The molecule has 5 heteroatoms. The summed E-state index contributed by atoms with van der Waals surface area (Å²) in [5, 5.41) is 0. The van der Waals surface area contributed by atoms with Crippen LogP contribution in [0.2, 0.25) is 0 Å². The first-order chi connectivity index (χ1) is 9.99. The Morgan fingerprint density at radius 3 is 2.38 bits per heavy atom. The number of benzene rings is 1. The quantitative estimate of drug-likeness (QED) is 0.560. The minimum atomic E-state index is -0.921. The molecule has 1 rings (SSSR count). The molecule has 21 heavy (non-hydrogen) atoms. The van der Waals surface area contributed by atoms with Gasteiger partial charge in [-0.15, -0.1) is 0 Å². The van der Waals surface area contributed by atoms with E-state index in [1.165, 1.54) is 0 Å². The number of nitrogens with two attached hydrogens (primary N) is 1. The van der Waals surface area contributed by atoms with Gasteiger partial charge in [0.1, 0.15) is 17.0 Å². The Morgan fingerprint density at radius 2 is 1.81 bits per heavy atom. The second-order valence-corrected chi connectivity index (χ2v) is 5.12. The number of rotatable bonds is 9. The first-order valence-corrected chi connectivity index (χ1v) is 7.22. The Balaban J connectivity index is 2.23. The van der Waals surface area contributed by atoms with E-state index in [1.807, 2.05) is 24.3 Å². The van der Waals surface area contributed by atoms with Crippen molar-refractivity contribution < 1.29 is 19.0 Å². The van der Waals surface area contributed by atoms with E-state index < -0.39 is 5.54 Å². The van der Waals surface area contributed by atoms with Crippen molar-refractivity contribution in [3.63, 3.8) is 0 Å². The third-order valence-electron chi connectivity index (χ3n) is 3.16. The van der Waals surface area contributed by atoms with Crippen LogP contribution in [0.4, 0.5) is 0 Å². The molecule has 2 N–H and O–H groups in total. The summed E-state index contributed by atoms with van der Waals surface area (Å²) in [6.07, 6.45) is 2.22. The van der Waals surface area contributed by atoms with Gasteiger partial charge in [-0.05, 0) is 57.4 Å². The molecule has 0 spiro atoms. The Morgan fingerprint density at radius 1 is 1.19 bits per heavy atom. The van der Waals surface area contributed by atoms with Crippen LogP contribution in [0.1, 0.15) is 33.1 Å². The molecule has 0 bridgehead atoms. The monoisotopic (exact) mass is 295 g/mol. The number of hydrogen-bond acceptors (Lipinski definition) is 5. The number of unbranched alkanes of at least 4 members (excludes halogenated alkanes) is 1. The maximum absolute atomic E-state index is 11.6. The van der Waals surface area contributed by atoms with Gasteiger partial charge >= 0.3 is 5.97 Å². The van der Waals surface area contributed by atoms with E-state index in [1.54, 1.807) is 21.0 Å². The maximum atomic E-state index is 11.6. The number of carbonyl (C=O) groups is 1. The predicted molar refractivity (Wildman–Crippen MR) is 81.6 cm³/mol. The largest absolute Gasteiger partial charge is 0.497 e. The van der Waals surface area contributed by atoms with Gasteiger partial charge in [0.25, 0.3) is 0 Å². The molecule has 0 aromatic heterocycles. The van der Waals surface area contributed by atoms with Crippen LogP contribution in [-0.4, -0.2) is 31.8 Å². The topological polar surface area (TPSA) is 70.8 Å². The summed E-state index contributed by atoms with van der Waals surface area (Å²) >= 11 is 0. The lowest BCUT2D eigenvalue weighted by Crippen LogP contribution is -2.46. The highest BCUT2D eigenvalue weighted by atomic mass is 16.5. The van der Waals surface area contributed by atoms with Gasteiger partial charge in [-0.25, -0.2) is 0 Å². The predicted octanol–water partition coefficient (Wildman–Crippen LogP) is 2.52. The highest BCUT2D eigenvalue weighted by molar-refractivity contribution is 5.79. The first kappa shape index (κ1) is 17.3. The Kier molecular flexibility index (Phi) is 7.02. The first-order valence-electron chi connectivity index (χ1n) is 7.22. The normalized spacial score (nSPS) is 13.3. The van der Waals surface area contributed by atoms with Crippen molar-refractivity contribution in [1.82, 2.24) is 0 Å². The molecule has 0 fully saturated rings. The van der Waals surface area contributed by atoms with Crippen molar-refractivity contribution in [3.05, 3.63) is 24.3 Å². The summed E-state index contributed by atoms with van der Waals surface area (Å²) in [6, 6.07) is 7.44. The van der Waals surface area contributed by atoms with Crippen LogP contribution in [0.3, 0.4) is 0 Å². The lowest BCUT2D eigenvalue weighted by molar-refractivity contribution is -0.149. The van der Waals surface area contributed by atoms with Crippen molar-refractivity contribution in [1.29, 1.82) is 0 Å². The SMILES string of the molecule is CCOC(=O)C(C)(N)CCCCOc1ccc(OC)cc1.